The summed E-state index contributed by atoms with van der Waals surface area (Å²) in [6.07, 6.45) is 3.12. The minimum Gasteiger partial charge on any atom is -0.399 e. The highest BCUT2D eigenvalue weighted by molar-refractivity contribution is 9.11. The van der Waals surface area contributed by atoms with E-state index in [9.17, 15) is 4.79 Å². The average Bonchev–Trinajstić information content (AvgIpc) is 2.33. The van der Waals surface area contributed by atoms with Gasteiger partial charge < -0.3 is 11.1 Å². The summed E-state index contributed by atoms with van der Waals surface area (Å²) in [6.45, 7) is 0. The average molecular weight is 450 g/mol. The molecule has 1 heterocycles. The van der Waals surface area contributed by atoms with E-state index in [-0.39, 0.29) is 5.91 Å². The Balaban J connectivity index is 2.29. The quantitative estimate of drug-likeness (QED) is 0.675. The van der Waals surface area contributed by atoms with Crippen molar-refractivity contribution < 1.29 is 4.79 Å². The maximum atomic E-state index is 12.1. The van der Waals surface area contributed by atoms with Crippen LogP contribution in [0.3, 0.4) is 0 Å². The van der Waals surface area contributed by atoms with Gasteiger partial charge in [-0.05, 0) is 66.0 Å². The molecule has 0 fully saturated rings. The fourth-order valence-corrected chi connectivity index (χ4v) is 3.22. The Labute approximate surface area is 135 Å². The smallest absolute Gasteiger partial charge is 0.257 e. The summed E-state index contributed by atoms with van der Waals surface area (Å²) in [7, 11) is 0. The van der Waals surface area contributed by atoms with Crippen molar-refractivity contribution in [2.75, 3.05) is 11.1 Å². The number of amides is 1. The molecular formula is C12H8Br3N3O. The van der Waals surface area contributed by atoms with Crippen LogP contribution in [0.2, 0.25) is 0 Å². The van der Waals surface area contributed by atoms with Gasteiger partial charge >= 0.3 is 0 Å². The molecule has 98 valence electrons. The van der Waals surface area contributed by atoms with Crippen molar-refractivity contribution >= 4 is 65.1 Å². The molecule has 4 nitrogen and oxygen atoms in total. The predicted molar refractivity (Wildman–Crippen MR) is 86.1 cm³/mol. The van der Waals surface area contributed by atoms with Crippen LogP contribution in [-0.2, 0) is 0 Å². The largest absolute Gasteiger partial charge is 0.399 e. The molecular weight excluding hydrogens is 442 g/mol. The third-order valence-corrected chi connectivity index (χ3v) is 3.95. The lowest BCUT2D eigenvalue weighted by molar-refractivity contribution is 0.102. The van der Waals surface area contributed by atoms with Gasteiger partial charge in [-0.25, -0.2) is 0 Å². The summed E-state index contributed by atoms with van der Waals surface area (Å²) in [5.41, 5.74) is 7.39. The summed E-state index contributed by atoms with van der Waals surface area (Å²) in [4.78, 5) is 16.1. The maximum Gasteiger partial charge on any atom is 0.257 e. The second kappa shape index (κ2) is 6.02. The van der Waals surface area contributed by atoms with Crippen LogP contribution in [0, 0.1) is 0 Å². The van der Waals surface area contributed by atoms with E-state index < -0.39 is 0 Å². The van der Waals surface area contributed by atoms with Crippen LogP contribution in [0.1, 0.15) is 10.4 Å². The minimum absolute atomic E-state index is 0.250. The van der Waals surface area contributed by atoms with E-state index >= 15 is 0 Å². The van der Waals surface area contributed by atoms with Gasteiger partial charge in [0.05, 0.1) is 11.3 Å². The molecule has 0 saturated carbocycles. The molecule has 0 aliphatic heterocycles. The molecule has 2 rings (SSSR count). The van der Waals surface area contributed by atoms with Crippen molar-refractivity contribution in [1.82, 2.24) is 4.98 Å². The van der Waals surface area contributed by atoms with Gasteiger partial charge in [0.15, 0.2) is 0 Å². The Morgan fingerprint density at radius 2 is 1.74 bits per heavy atom. The molecule has 0 radical (unpaired) electrons. The van der Waals surface area contributed by atoms with Gasteiger partial charge in [-0.3, -0.25) is 9.78 Å². The van der Waals surface area contributed by atoms with E-state index in [0.717, 1.165) is 4.47 Å². The lowest BCUT2D eigenvalue weighted by atomic mass is 10.2. The number of nitrogen functional groups attached to an aromatic ring is 1. The first kappa shape index (κ1) is 14.5. The number of halogens is 3. The number of hydrogen-bond donors (Lipinski definition) is 2. The fraction of sp³-hybridized carbons (Fsp3) is 0. The van der Waals surface area contributed by atoms with Crippen molar-refractivity contribution in [3.05, 3.63) is 49.6 Å². The topological polar surface area (TPSA) is 68.0 Å². The van der Waals surface area contributed by atoms with Crippen molar-refractivity contribution in [3.63, 3.8) is 0 Å². The van der Waals surface area contributed by atoms with E-state index in [2.05, 4.69) is 58.1 Å². The Kier molecular flexibility index (Phi) is 4.59. The summed E-state index contributed by atoms with van der Waals surface area (Å²) < 4.78 is 2.15. The Morgan fingerprint density at radius 3 is 2.32 bits per heavy atom. The van der Waals surface area contributed by atoms with Crippen LogP contribution < -0.4 is 11.1 Å². The molecule has 1 aromatic heterocycles. The molecule has 19 heavy (non-hydrogen) atoms. The number of pyridine rings is 1. The number of benzene rings is 1. The molecule has 2 aromatic rings. The molecule has 3 N–H and O–H groups in total. The van der Waals surface area contributed by atoms with Crippen LogP contribution in [0.4, 0.5) is 11.4 Å². The second-order valence-electron chi connectivity index (χ2n) is 3.71. The van der Waals surface area contributed by atoms with Crippen LogP contribution in [0.25, 0.3) is 0 Å². The van der Waals surface area contributed by atoms with Gasteiger partial charge in [-0.15, -0.1) is 0 Å². The van der Waals surface area contributed by atoms with Crippen LogP contribution in [-0.4, -0.2) is 10.9 Å². The van der Waals surface area contributed by atoms with E-state index in [0.29, 0.717) is 25.9 Å². The number of nitrogens with zero attached hydrogens (tertiary/aromatic N) is 1. The Hall–Kier alpha value is -0.920. The van der Waals surface area contributed by atoms with Crippen LogP contribution in [0.5, 0.6) is 0 Å². The van der Waals surface area contributed by atoms with Crippen molar-refractivity contribution in [2.24, 2.45) is 0 Å². The second-order valence-corrected chi connectivity index (χ2v) is 6.33. The number of rotatable bonds is 2. The van der Waals surface area contributed by atoms with Gasteiger partial charge in [0, 0.05) is 31.5 Å². The Bertz CT molecular complexity index is 623. The van der Waals surface area contributed by atoms with E-state index in [1.165, 1.54) is 6.20 Å². The molecule has 0 aliphatic rings. The third kappa shape index (κ3) is 3.55. The zero-order valence-electron chi connectivity index (χ0n) is 9.45. The summed E-state index contributed by atoms with van der Waals surface area (Å²) in [6, 6.07) is 5.14. The standard InChI is InChI=1S/C12H8Br3N3O/c13-7-1-6(4-17-5-7)12(19)18-11-9(14)2-8(16)3-10(11)15/h1-5H,16H2,(H,18,19). The van der Waals surface area contributed by atoms with E-state index in [1.54, 1.807) is 24.4 Å². The highest BCUT2D eigenvalue weighted by Crippen LogP contribution is 2.33. The third-order valence-electron chi connectivity index (χ3n) is 2.27. The predicted octanol–water partition coefficient (Wildman–Crippen LogP) is 4.20. The molecule has 0 spiro atoms. The molecule has 7 heteroatoms. The molecule has 0 bridgehead atoms. The molecule has 1 amide bonds. The van der Waals surface area contributed by atoms with Gasteiger partial charge in [0.2, 0.25) is 0 Å². The summed E-state index contributed by atoms with van der Waals surface area (Å²) in [5.74, 6) is -0.250. The van der Waals surface area contributed by atoms with Crippen molar-refractivity contribution in [1.29, 1.82) is 0 Å². The number of anilines is 2. The Morgan fingerprint density at radius 1 is 1.11 bits per heavy atom. The van der Waals surface area contributed by atoms with E-state index in [1.807, 2.05) is 0 Å². The first-order valence-corrected chi connectivity index (χ1v) is 7.51. The number of aromatic nitrogens is 1. The number of nitrogens with two attached hydrogens (primary N) is 1. The normalized spacial score (nSPS) is 10.3. The molecule has 0 saturated heterocycles. The molecule has 0 unspecified atom stereocenters. The van der Waals surface area contributed by atoms with E-state index in [4.69, 9.17) is 5.73 Å². The molecule has 0 atom stereocenters. The van der Waals surface area contributed by atoms with Gasteiger partial charge in [0.25, 0.3) is 5.91 Å². The molecule has 0 aliphatic carbocycles. The van der Waals surface area contributed by atoms with Gasteiger partial charge in [-0.1, -0.05) is 0 Å². The SMILES string of the molecule is Nc1cc(Br)c(NC(=O)c2cncc(Br)c2)c(Br)c1. The summed E-state index contributed by atoms with van der Waals surface area (Å²) in [5, 5.41) is 2.80. The minimum atomic E-state index is -0.250. The number of carbonyl (C=O) groups excluding carboxylic acids is 1. The first-order chi connectivity index (χ1) is 8.97. The maximum absolute atomic E-state index is 12.1. The highest BCUT2D eigenvalue weighted by atomic mass is 79.9. The van der Waals surface area contributed by atoms with Gasteiger partial charge in [0.1, 0.15) is 0 Å². The number of nitrogens with one attached hydrogen (secondary N) is 1. The monoisotopic (exact) mass is 447 g/mol. The zero-order chi connectivity index (χ0) is 14.0. The van der Waals surface area contributed by atoms with Crippen molar-refractivity contribution in [3.8, 4) is 0 Å². The number of carbonyl (C=O) groups is 1. The fourth-order valence-electron chi connectivity index (χ4n) is 1.43. The lowest BCUT2D eigenvalue weighted by Crippen LogP contribution is -2.13. The lowest BCUT2D eigenvalue weighted by Gasteiger charge is -2.10. The van der Waals surface area contributed by atoms with Gasteiger partial charge in [-0.2, -0.15) is 0 Å². The van der Waals surface area contributed by atoms with Crippen LogP contribution in [0.15, 0.2) is 44.0 Å². The zero-order valence-corrected chi connectivity index (χ0v) is 14.2. The molecule has 1 aromatic carbocycles. The number of hydrogen-bond acceptors (Lipinski definition) is 3. The summed E-state index contributed by atoms with van der Waals surface area (Å²) >= 11 is 10.0. The van der Waals surface area contributed by atoms with Crippen LogP contribution >= 0.6 is 47.8 Å². The van der Waals surface area contributed by atoms with Crippen molar-refractivity contribution in [2.45, 2.75) is 0 Å². The first-order valence-electron chi connectivity index (χ1n) is 5.14. The highest BCUT2D eigenvalue weighted by Gasteiger charge is 2.12.